The molecule has 1 N–H and O–H groups in total. The zero-order valence-corrected chi connectivity index (χ0v) is 14.3. The number of benzene rings is 2. The molecule has 0 atom stereocenters. The molecular weight excluding hydrogens is 408 g/mol. The molecule has 0 saturated carbocycles. The smallest absolute Gasteiger partial charge is 0.257 e. The molecule has 20 heavy (non-hydrogen) atoms. The minimum absolute atomic E-state index is 0.291. The van der Waals surface area contributed by atoms with E-state index >= 15 is 0 Å². The second-order valence-corrected chi connectivity index (χ2v) is 6.37. The first-order valence-corrected chi connectivity index (χ1v) is 7.60. The van der Waals surface area contributed by atoms with Crippen molar-refractivity contribution in [1.82, 2.24) is 0 Å². The van der Waals surface area contributed by atoms with Gasteiger partial charge in [-0.1, -0.05) is 62.3 Å². The van der Waals surface area contributed by atoms with Gasteiger partial charge in [-0.25, -0.2) is 0 Å². The van der Waals surface area contributed by atoms with Crippen molar-refractivity contribution in [3.63, 3.8) is 0 Å². The van der Waals surface area contributed by atoms with Gasteiger partial charge in [0.15, 0.2) is 0 Å². The summed E-state index contributed by atoms with van der Waals surface area (Å²) < 4.78 is 0.743. The highest BCUT2D eigenvalue weighted by molar-refractivity contribution is 9.10. The van der Waals surface area contributed by atoms with Crippen LogP contribution in [0, 0.1) is 0 Å². The molecule has 0 aliphatic rings. The standard InChI is InChI=1S/C13H6BrCl4NO/c14-6-1-2-8(15)7(3-6)13(20)19-12-5-10(17)9(16)4-11(12)18/h1-5H,(H,19,20). The van der Waals surface area contributed by atoms with E-state index in [1.165, 1.54) is 12.1 Å². The maximum absolute atomic E-state index is 12.2. The second-order valence-electron chi connectivity index (χ2n) is 3.82. The summed E-state index contributed by atoms with van der Waals surface area (Å²) in [5, 5.41) is 3.88. The van der Waals surface area contributed by atoms with Crippen LogP contribution >= 0.6 is 62.3 Å². The zero-order valence-electron chi connectivity index (χ0n) is 9.68. The van der Waals surface area contributed by atoms with Crippen molar-refractivity contribution in [2.75, 3.05) is 5.32 Å². The van der Waals surface area contributed by atoms with Gasteiger partial charge in [0.05, 0.1) is 31.3 Å². The molecule has 0 fully saturated rings. The molecule has 2 nitrogen and oxygen atoms in total. The fourth-order valence-corrected chi connectivity index (χ4v) is 2.64. The molecule has 2 rings (SSSR count). The summed E-state index contributed by atoms with van der Waals surface area (Å²) in [6, 6.07) is 7.92. The molecular formula is C13H6BrCl4NO. The van der Waals surface area contributed by atoms with Gasteiger partial charge < -0.3 is 5.32 Å². The maximum atomic E-state index is 12.2. The molecule has 2 aromatic rings. The Morgan fingerprint density at radius 2 is 1.55 bits per heavy atom. The van der Waals surface area contributed by atoms with Crippen LogP contribution < -0.4 is 5.32 Å². The van der Waals surface area contributed by atoms with Crippen molar-refractivity contribution in [2.24, 2.45) is 0 Å². The van der Waals surface area contributed by atoms with Crippen molar-refractivity contribution >= 4 is 73.9 Å². The van der Waals surface area contributed by atoms with Gasteiger partial charge in [-0.05, 0) is 30.3 Å². The number of nitrogens with one attached hydrogen (secondary N) is 1. The number of halogens is 5. The minimum Gasteiger partial charge on any atom is -0.321 e. The van der Waals surface area contributed by atoms with Gasteiger partial charge in [0.25, 0.3) is 5.91 Å². The van der Waals surface area contributed by atoms with Crippen LogP contribution in [0.15, 0.2) is 34.8 Å². The Morgan fingerprint density at radius 1 is 0.900 bits per heavy atom. The first-order chi connectivity index (χ1) is 9.38. The number of amides is 1. The number of carbonyl (C=O) groups is 1. The SMILES string of the molecule is O=C(Nc1cc(Cl)c(Cl)cc1Cl)c1cc(Br)ccc1Cl. The topological polar surface area (TPSA) is 29.1 Å². The average molecular weight is 414 g/mol. The minimum atomic E-state index is -0.392. The van der Waals surface area contributed by atoms with Gasteiger partial charge in [0, 0.05) is 4.47 Å². The van der Waals surface area contributed by atoms with Gasteiger partial charge in [-0.3, -0.25) is 4.79 Å². The summed E-state index contributed by atoms with van der Waals surface area (Å²) in [5.74, 6) is -0.392. The summed E-state index contributed by atoms with van der Waals surface area (Å²) in [7, 11) is 0. The van der Waals surface area contributed by atoms with E-state index in [2.05, 4.69) is 21.2 Å². The van der Waals surface area contributed by atoms with E-state index in [4.69, 9.17) is 46.4 Å². The molecule has 0 radical (unpaired) electrons. The third-order valence-electron chi connectivity index (χ3n) is 2.43. The van der Waals surface area contributed by atoms with Crippen LogP contribution in [0.1, 0.15) is 10.4 Å². The molecule has 0 saturated heterocycles. The predicted octanol–water partition coefficient (Wildman–Crippen LogP) is 6.32. The quantitative estimate of drug-likeness (QED) is 0.574. The van der Waals surface area contributed by atoms with E-state index < -0.39 is 5.91 Å². The van der Waals surface area contributed by atoms with Gasteiger partial charge in [-0.15, -0.1) is 0 Å². The van der Waals surface area contributed by atoms with Gasteiger partial charge >= 0.3 is 0 Å². The zero-order chi connectivity index (χ0) is 14.9. The van der Waals surface area contributed by atoms with Crippen molar-refractivity contribution in [1.29, 1.82) is 0 Å². The lowest BCUT2D eigenvalue weighted by molar-refractivity contribution is 0.102. The van der Waals surface area contributed by atoms with Crippen molar-refractivity contribution in [3.8, 4) is 0 Å². The largest absolute Gasteiger partial charge is 0.321 e. The molecule has 104 valence electrons. The molecule has 2 aromatic carbocycles. The highest BCUT2D eigenvalue weighted by Gasteiger charge is 2.14. The summed E-state index contributed by atoms with van der Waals surface area (Å²) >= 11 is 27.0. The van der Waals surface area contributed by atoms with Crippen LogP contribution in [0.2, 0.25) is 20.1 Å². The van der Waals surface area contributed by atoms with Crippen molar-refractivity contribution < 1.29 is 4.79 Å². The Morgan fingerprint density at radius 3 is 2.25 bits per heavy atom. The van der Waals surface area contributed by atoms with E-state index in [0.29, 0.717) is 31.3 Å². The molecule has 7 heteroatoms. The van der Waals surface area contributed by atoms with E-state index in [-0.39, 0.29) is 0 Å². The Hall–Kier alpha value is -0.450. The molecule has 0 unspecified atom stereocenters. The summed E-state index contributed by atoms with van der Waals surface area (Å²) in [4.78, 5) is 12.2. The lowest BCUT2D eigenvalue weighted by Crippen LogP contribution is -2.13. The van der Waals surface area contributed by atoms with Gasteiger partial charge in [0.2, 0.25) is 0 Å². The molecule has 0 aromatic heterocycles. The molecule has 1 amide bonds. The molecule has 0 heterocycles. The van der Waals surface area contributed by atoms with E-state index in [0.717, 1.165) is 4.47 Å². The number of carbonyl (C=O) groups excluding carboxylic acids is 1. The first-order valence-electron chi connectivity index (χ1n) is 5.29. The van der Waals surface area contributed by atoms with Crippen LogP contribution in [0.25, 0.3) is 0 Å². The Balaban J connectivity index is 2.32. The normalized spacial score (nSPS) is 10.4. The third-order valence-corrected chi connectivity index (χ3v) is 4.29. The molecule has 0 spiro atoms. The number of anilines is 1. The predicted molar refractivity (Wildman–Crippen MR) is 88.6 cm³/mol. The lowest BCUT2D eigenvalue weighted by atomic mass is 10.2. The summed E-state index contributed by atoms with van der Waals surface area (Å²) in [6.07, 6.45) is 0. The Bertz CT molecular complexity index is 690. The van der Waals surface area contributed by atoms with Crippen LogP contribution in [0.5, 0.6) is 0 Å². The summed E-state index contributed by atoms with van der Waals surface area (Å²) in [6.45, 7) is 0. The fraction of sp³-hybridized carbons (Fsp3) is 0. The average Bonchev–Trinajstić information content (AvgIpc) is 2.38. The van der Waals surface area contributed by atoms with Crippen molar-refractivity contribution in [2.45, 2.75) is 0 Å². The number of rotatable bonds is 2. The number of hydrogen-bond donors (Lipinski definition) is 1. The van der Waals surface area contributed by atoms with E-state index in [1.54, 1.807) is 18.2 Å². The molecule has 0 aliphatic carbocycles. The summed E-state index contributed by atoms with van der Waals surface area (Å²) in [5.41, 5.74) is 0.685. The van der Waals surface area contributed by atoms with Crippen LogP contribution in [0.3, 0.4) is 0 Å². The highest BCUT2D eigenvalue weighted by Crippen LogP contribution is 2.33. The third kappa shape index (κ3) is 3.60. The van der Waals surface area contributed by atoms with Gasteiger partial charge in [0.1, 0.15) is 0 Å². The second kappa shape index (κ2) is 6.54. The van der Waals surface area contributed by atoms with Crippen LogP contribution in [-0.2, 0) is 0 Å². The Kier molecular flexibility index (Phi) is 5.21. The van der Waals surface area contributed by atoms with E-state index in [9.17, 15) is 4.79 Å². The Labute approximate surface area is 144 Å². The van der Waals surface area contributed by atoms with Crippen molar-refractivity contribution in [3.05, 3.63) is 60.5 Å². The monoisotopic (exact) mass is 411 g/mol. The lowest BCUT2D eigenvalue weighted by Gasteiger charge is -2.10. The first kappa shape index (κ1) is 15.9. The maximum Gasteiger partial charge on any atom is 0.257 e. The van der Waals surface area contributed by atoms with Crippen LogP contribution in [-0.4, -0.2) is 5.91 Å². The fourth-order valence-electron chi connectivity index (χ4n) is 1.48. The van der Waals surface area contributed by atoms with E-state index in [1.807, 2.05) is 0 Å². The van der Waals surface area contributed by atoms with Crippen LogP contribution in [0.4, 0.5) is 5.69 Å². The highest BCUT2D eigenvalue weighted by atomic mass is 79.9. The number of hydrogen-bond acceptors (Lipinski definition) is 1. The molecule has 0 aliphatic heterocycles. The molecule has 0 bridgehead atoms. The van der Waals surface area contributed by atoms with Gasteiger partial charge in [-0.2, -0.15) is 0 Å².